The van der Waals surface area contributed by atoms with E-state index in [0.29, 0.717) is 5.82 Å². The van der Waals surface area contributed by atoms with Crippen LogP contribution in [0.15, 0.2) is 21.8 Å². The highest BCUT2D eigenvalue weighted by molar-refractivity contribution is 7.89. The topological polar surface area (TPSA) is 103 Å². The minimum Gasteiger partial charge on any atom is -0.338 e. The highest BCUT2D eigenvalue weighted by Gasteiger charge is 2.25. The van der Waals surface area contributed by atoms with Gasteiger partial charge in [-0.2, -0.15) is 14.8 Å². The van der Waals surface area contributed by atoms with Crippen LogP contribution < -0.4 is 4.72 Å². The summed E-state index contributed by atoms with van der Waals surface area (Å²) < 4.78 is 33.6. The van der Waals surface area contributed by atoms with Crippen molar-refractivity contribution in [1.29, 1.82) is 0 Å². The Bertz CT molecular complexity index is 688. The largest absolute Gasteiger partial charge is 0.338 e. The molecule has 0 spiro atoms. The third kappa shape index (κ3) is 2.88. The normalized spacial score (nSPS) is 13.8. The lowest BCUT2D eigenvalue weighted by Crippen LogP contribution is -2.29. The summed E-state index contributed by atoms with van der Waals surface area (Å²) in [7, 11) is -3.71. The fourth-order valence-electron chi connectivity index (χ4n) is 1.74. The first-order valence-electron chi connectivity index (χ1n) is 6.17. The van der Waals surface area contributed by atoms with Gasteiger partial charge in [0.1, 0.15) is 0 Å². The van der Waals surface area contributed by atoms with E-state index >= 15 is 0 Å². The van der Waals surface area contributed by atoms with Crippen LogP contribution in [0.1, 0.15) is 44.6 Å². The summed E-state index contributed by atoms with van der Waals surface area (Å²) in [5.74, 6) is 0.681. The van der Waals surface area contributed by atoms with Crippen LogP contribution in [0.25, 0.3) is 0 Å². The van der Waals surface area contributed by atoms with Gasteiger partial charge < -0.3 is 4.52 Å². The van der Waals surface area contributed by atoms with Crippen molar-refractivity contribution in [2.24, 2.45) is 0 Å². The lowest BCUT2D eigenvalue weighted by atomic mass is 10.4. The molecule has 1 unspecified atom stereocenters. The number of aromatic nitrogens is 4. The Morgan fingerprint density at radius 3 is 2.60 bits per heavy atom. The molecule has 0 amide bonds. The van der Waals surface area contributed by atoms with Gasteiger partial charge in [-0.1, -0.05) is 5.16 Å². The number of rotatable bonds is 5. The van der Waals surface area contributed by atoms with Gasteiger partial charge >= 0.3 is 0 Å². The van der Waals surface area contributed by atoms with Gasteiger partial charge in [-0.25, -0.2) is 8.42 Å². The number of nitrogens with one attached hydrogen (secondary N) is 1. The molecule has 2 aromatic rings. The molecule has 0 aliphatic heterocycles. The maximum atomic E-state index is 12.3. The Hall–Kier alpha value is -1.74. The predicted molar refractivity (Wildman–Crippen MR) is 70.4 cm³/mol. The summed E-state index contributed by atoms with van der Waals surface area (Å²) in [6.07, 6.45) is 1.45. The number of aryl methyl sites for hydroxylation is 1. The average Bonchev–Trinajstić information content (AvgIpc) is 2.96. The molecule has 1 N–H and O–H groups in total. The van der Waals surface area contributed by atoms with Crippen LogP contribution in [-0.2, 0) is 10.0 Å². The van der Waals surface area contributed by atoms with Crippen LogP contribution in [0.5, 0.6) is 0 Å². The zero-order valence-corrected chi connectivity index (χ0v) is 12.5. The number of nitrogens with zero attached hydrogens (tertiary/aromatic N) is 4. The first kappa shape index (κ1) is 14.7. The smallest absolute Gasteiger partial charge is 0.258 e. The van der Waals surface area contributed by atoms with Crippen molar-refractivity contribution >= 4 is 10.0 Å². The standard InChI is InChI=1S/C11H17N5O3S/c1-7(2)16-10(5-6-12-16)20(17,18)15-8(3)11-13-9(4)14-19-11/h5-8,15H,1-4H3. The fraction of sp³-hybridized carbons (Fsp3) is 0.545. The first-order valence-corrected chi connectivity index (χ1v) is 7.65. The Kier molecular flexibility index (Phi) is 3.91. The Morgan fingerprint density at radius 2 is 2.05 bits per heavy atom. The van der Waals surface area contributed by atoms with Crippen LogP contribution >= 0.6 is 0 Å². The average molecular weight is 299 g/mol. The Morgan fingerprint density at radius 1 is 1.35 bits per heavy atom. The van der Waals surface area contributed by atoms with E-state index in [1.807, 2.05) is 13.8 Å². The third-order valence-corrected chi connectivity index (χ3v) is 4.18. The molecule has 110 valence electrons. The van der Waals surface area contributed by atoms with Gasteiger partial charge in [-0.05, 0) is 33.8 Å². The SMILES string of the molecule is Cc1noc(C(C)NS(=O)(=O)c2ccnn2C(C)C)n1. The van der Waals surface area contributed by atoms with Crippen molar-refractivity contribution in [3.05, 3.63) is 24.0 Å². The molecule has 0 saturated carbocycles. The minimum absolute atomic E-state index is 0.0578. The molecule has 0 bridgehead atoms. The van der Waals surface area contributed by atoms with Crippen LogP contribution in [0.2, 0.25) is 0 Å². The van der Waals surface area contributed by atoms with E-state index in [4.69, 9.17) is 4.52 Å². The van der Waals surface area contributed by atoms with Gasteiger partial charge in [-0.3, -0.25) is 4.68 Å². The van der Waals surface area contributed by atoms with Crippen LogP contribution in [0.3, 0.4) is 0 Å². The zero-order chi connectivity index (χ0) is 14.9. The van der Waals surface area contributed by atoms with E-state index in [1.54, 1.807) is 13.8 Å². The van der Waals surface area contributed by atoms with Gasteiger partial charge in [0.15, 0.2) is 10.9 Å². The van der Waals surface area contributed by atoms with E-state index in [-0.39, 0.29) is 17.0 Å². The fourth-order valence-corrected chi connectivity index (χ4v) is 3.17. The summed E-state index contributed by atoms with van der Waals surface area (Å²) in [6.45, 7) is 7.02. The molecule has 20 heavy (non-hydrogen) atoms. The molecular weight excluding hydrogens is 282 g/mol. The molecule has 2 heterocycles. The maximum absolute atomic E-state index is 12.3. The number of hydrogen-bond donors (Lipinski definition) is 1. The Balaban J connectivity index is 2.25. The minimum atomic E-state index is -3.71. The molecule has 0 aliphatic carbocycles. The summed E-state index contributed by atoms with van der Waals surface area (Å²) in [6, 6.07) is 0.781. The molecule has 9 heteroatoms. The summed E-state index contributed by atoms with van der Waals surface area (Å²) in [4.78, 5) is 4.01. The molecule has 2 aromatic heterocycles. The summed E-state index contributed by atoms with van der Waals surface area (Å²) >= 11 is 0. The second-order valence-corrected chi connectivity index (χ2v) is 6.39. The van der Waals surface area contributed by atoms with Gasteiger partial charge in [0, 0.05) is 6.04 Å². The zero-order valence-electron chi connectivity index (χ0n) is 11.7. The van der Waals surface area contributed by atoms with Crippen LogP contribution in [-0.4, -0.2) is 28.3 Å². The van der Waals surface area contributed by atoms with Crippen molar-refractivity contribution in [3.8, 4) is 0 Å². The van der Waals surface area contributed by atoms with Gasteiger partial charge in [0.05, 0.1) is 12.2 Å². The predicted octanol–water partition coefficient (Wildman–Crippen LogP) is 1.19. The summed E-state index contributed by atoms with van der Waals surface area (Å²) in [5.41, 5.74) is 0. The molecular formula is C11H17N5O3S. The van der Waals surface area contributed by atoms with E-state index in [1.165, 1.54) is 16.9 Å². The van der Waals surface area contributed by atoms with Crippen molar-refractivity contribution < 1.29 is 12.9 Å². The van der Waals surface area contributed by atoms with Gasteiger partial charge in [0.2, 0.25) is 5.89 Å². The molecule has 8 nitrogen and oxygen atoms in total. The molecule has 0 fully saturated rings. The quantitative estimate of drug-likeness (QED) is 0.889. The molecule has 2 rings (SSSR count). The molecule has 0 radical (unpaired) electrons. The Labute approximate surface area is 117 Å². The maximum Gasteiger partial charge on any atom is 0.258 e. The molecule has 1 atom stereocenters. The van der Waals surface area contributed by atoms with E-state index in [2.05, 4.69) is 20.0 Å². The molecule has 0 aliphatic rings. The molecule has 0 saturated heterocycles. The van der Waals surface area contributed by atoms with E-state index in [9.17, 15) is 8.42 Å². The lowest BCUT2D eigenvalue weighted by Gasteiger charge is -2.14. The van der Waals surface area contributed by atoms with Crippen LogP contribution in [0, 0.1) is 6.92 Å². The second-order valence-electron chi connectivity index (χ2n) is 4.73. The lowest BCUT2D eigenvalue weighted by molar-refractivity contribution is 0.350. The number of sulfonamides is 1. The van der Waals surface area contributed by atoms with Gasteiger partial charge in [-0.15, -0.1) is 0 Å². The second kappa shape index (κ2) is 5.33. The van der Waals surface area contributed by atoms with Crippen LogP contribution in [0.4, 0.5) is 0 Å². The van der Waals surface area contributed by atoms with E-state index < -0.39 is 16.1 Å². The number of hydrogen-bond acceptors (Lipinski definition) is 6. The first-order chi connectivity index (χ1) is 9.31. The monoisotopic (exact) mass is 299 g/mol. The van der Waals surface area contributed by atoms with Crippen molar-refractivity contribution in [3.63, 3.8) is 0 Å². The summed E-state index contributed by atoms with van der Waals surface area (Å²) in [5, 5.41) is 7.76. The van der Waals surface area contributed by atoms with Crippen molar-refractivity contribution in [2.45, 2.75) is 44.8 Å². The van der Waals surface area contributed by atoms with Crippen molar-refractivity contribution in [2.75, 3.05) is 0 Å². The highest BCUT2D eigenvalue weighted by atomic mass is 32.2. The van der Waals surface area contributed by atoms with Gasteiger partial charge in [0.25, 0.3) is 10.0 Å². The molecule has 0 aromatic carbocycles. The van der Waals surface area contributed by atoms with Crippen molar-refractivity contribution in [1.82, 2.24) is 24.6 Å². The third-order valence-electron chi connectivity index (χ3n) is 2.64. The highest BCUT2D eigenvalue weighted by Crippen LogP contribution is 2.17. The van der Waals surface area contributed by atoms with E-state index in [0.717, 1.165) is 0 Å².